The number of benzene rings is 1. The number of rotatable bonds is 4. The third-order valence-electron chi connectivity index (χ3n) is 2.90. The summed E-state index contributed by atoms with van der Waals surface area (Å²) in [6, 6.07) is 8.08. The second-order valence-electron chi connectivity index (χ2n) is 4.11. The molecule has 6 heteroatoms. The van der Waals surface area contributed by atoms with E-state index in [1.807, 2.05) is 24.1 Å². The molecule has 0 amide bonds. The van der Waals surface area contributed by atoms with Gasteiger partial charge in [-0.15, -0.1) is 0 Å². The van der Waals surface area contributed by atoms with E-state index in [9.17, 15) is 4.39 Å². The maximum Gasteiger partial charge on any atom is 0.183 e. The quantitative estimate of drug-likeness (QED) is 0.853. The molecule has 0 aliphatic rings. The summed E-state index contributed by atoms with van der Waals surface area (Å²) >= 11 is 6.67. The molecular weight excluding hydrogens is 379 g/mol. The van der Waals surface area contributed by atoms with Gasteiger partial charge in [-0.05, 0) is 56.1 Å². The van der Waals surface area contributed by atoms with Gasteiger partial charge in [0.25, 0.3) is 0 Å². The van der Waals surface area contributed by atoms with Crippen molar-refractivity contribution in [1.82, 2.24) is 0 Å². The lowest BCUT2D eigenvalue weighted by atomic mass is 10.1. The van der Waals surface area contributed by atoms with Gasteiger partial charge in [-0.2, -0.15) is 0 Å². The summed E-state index contributed by atoms with van der Waals surface area (Å²) in [6.07, 6.45) is 0. The predicted molar refractivity (Wildman–Crippen MR) is 80.7 cm³/mol. The fourth-order valence-corrected chi connectivity index (χ4v) is 2.48. The van der Waals surface area contributed by atoms with Gasteiger partial charge in [0.15, 0.2) is 4.67 Å². The molecule has 0 saturated heterocycles. The number of anilines is 1. The van der Waals surface area contributed by atoms with Crippen molar-refractivity contribution in [3.8, 4) is 0 Å². The Balaban J connectivity index is 2.31. The van der Waals surface area contributed by atoms with Crippen LogP contribution < -0.4 is 10.6 Å². The molecule has 0 radical (unpaired) electrons. The normalized spacial score (nSPS) is 12.5. The van der Waals surface area contributed by atoms with Crippen molar-refractivity contribution in [3.63, 3.8) is 0 Å². The third kappa shape index (κ3) is 3.19. The summed E-state index contributed by atoms with van der Waals surface area (Å²) in [5, 5.41) is 0. The molecule has 3 nitrogen and oxygen atoms in total. The summed E-state index contributed by atoms with van der Waals surface area (Å²) in [5.74, 6) is 0.440. The molecular formula is C13H13Br2FN2O. The van der Waals surface area contributed by atoms with Gasteiger partial charge in [0.1, 0.15) is 11.6 Å². The Morgan fingerprint density at radius 2 is 2.11 bits per heavy atom. The first-order valence-electron chi connectivity index (χ1n) is 5.66. The lowest BCUT2D eigenvalue weighted by Gasteiger charge is -2.27. The van der Waals surface area contributed by atoms with Crippen LogP contribution in [0.4, 0.5) is 10.1 Å². The summed E-state index contributed by atoms with van der Waals surface area (Å²) in [7, 11) is 1.86. The van der Waals surface area contributed by atoms with Crippen molar-refractivity contribution < 1.29 is 8.81 Å². The van der Waals surface area contributed by atoms with E-state index in [1.165, 1.54) is 12.1 Å². The highest BCUT2D eigenvalue weighted by molar-refractivity contribution is 9.13. The summed E-state index contributed by atoms with van der Waals surface area (Å²) in [6.45, 7) is 0.361. The Bertz CT molecular complexity index is 554. The predicted octanol–water partition coefficient (Wildman–Crippen LogP) is 4.08. The second-order valence-corrected chi connectivity index (χ2v) is 5.69. The van der Waals surface area contributed by atoms with Gasteiger partial charge in [0, 0.05) is 19.3 Å². The van der Waals surface area contributed by atoms with E-state index in [-0.39, 0.29) is 11.9 Å². The molecule has 2 rings (SSSR count). The molecule has 0 spiro atoms. The Kier molecular flexibility index (Phi) is 4.65. The Morgan fingerprint density at radius 3 is 2.63 bits per heavy atom. The van der Waals surface area contributed by atoms with Gasteiger partial charge in [0.05, 0.1) is 10.5 Å². The number of hydrogen-bond acceptors (Lipinski definition) is 3. The summed E-state index contributed by atoms with van der Waals surface area (Å²) in [4.78, 5) is 1.89. The first kappa shape index (κ1) is 14.6. The van der Waals surface area contributed by atoms with E-state index in [4.69, 9.17) is 10.2 Å². The number of nitrogens with two attached hydrogens (primary N) is 1. The lowest BCUT2D eigenvalue weighted by Crippen LogP contribution is -2.30. The zero-order valence-corrected chi connectivity index (χ0v) is 13.4. The van der Waals surface area contributed by atoms with Crippen LogP contribution in [0, 0.1) is 5.82 Å². The van der Waals surface area contributed by atoms with Crippen LogP contribution in [0.25, 0.3) is 0 Å². The van der Waals surface area contributed by atoms with Gasteiger partial charge in [-0.25, -0.2) is 4.39 Å². The zero-order chi connectivity index (χ0) is 14.0. The number of furan rings is 1. The second kappa shape index (κ2) is 6.07. The smallest absolute Gasteiger partial charge is 0.183 e. The minimum Gasteiger partial charge on any atom is -0.451 e. The molecule has 19 heavy (non-hydrogen) atoms. The maximum absolute atomic E-state index is 13.3. The molecule has 0 saturated carbocycles. The van der Waals surface area contributed by atoms with Gasteiger partial charge in [0.2, 0.25) is 0 Å². The molecule has 0 bridgehead atoms. The highest BCUT2D eigenvalue weighted by Gasteiger charge is 2.21. The number of hydrogen-bond donors (Lipinski definition) is 1. The minimum atomic E-state index is -0.276. The van der Waals surface area contributed by atoms with E-state index in [0.717, 1.165) is 10.2 Å². The van der Waals surface area contributed by atoms with Crippen molar-refractivity contribution >= 4 is 37.5 Å². The molecule has 1 aromatic carbocycles. The molecule has 0 aliphatic carbocycles. The SMILES string of the molecule is CN(c1cccc(F)c1)C(CN)c1cc(Br)c(Br)o1. The van der Waals surface area contributed by atoms with Crippen LogP contribution in [0.5, 0.6) is 0 Å². The highest BCUT2D eigenvalue weighted by atomic mass is 79.9. The van der Waals surface area contributed by atoms with Crippen LogP contribution in [0.15, 0.2) is 43.9 Å². The van der Waals surface area contributed by atoms with Gasteiger partial charge >= 0.3 is 0 Å². The highest BCUT2D eigenvalue weighted by Crippen LogP contribution is 2.33. The fraction of sp³-hybridized carbons (Fsp3) is 0.231. The Hall–Kier alpha value is -0.850. The van der Waals surface area contributed by atoms with Gasteiger partial charge < -0.3 is 15.1 Å². The average molecular weight is 392 g/mol. The zero-order valence-electron chi connectivity index (χ0n) is 10.2. The largest absolute Gasteiger partial charge is 0.451 e. The molecule has 2 N–H and O–H groups in total. The average Bonchev–Trinajstić information content (AvgIpc) is 2.70. The topological polar surface area (TPSA) is 42.4 Å². The van der Waals surface area contributed by atoms with Crippen LogP contribution in [0.2, 0.25) is 0 Å². The minimum absolute atomic E-state index is 0.163. The van der Waals surface area contributed by atoms with Crippen LogP contribution in [0.1, 0.15) is 11.8 Å². The van der Waals surface area contributed by atoms with E-state index >= 15 is 0 Å². The van der Waals surface area contributed by atoms with Crippen LogP contribution in [-0.2, 0) is 0 Å². The summed E-state index contributed by atoms with van der Waals surface area (Å²) in [5.41, 5.74) is 6.56. The van der Waals surface area contributed by atoms with E-state index < -0.39 is 0 Å². The van der Waals surface area contributed by atoms with Crippen molar-refractivity contribution in [2.45, 2.75) is 6.04 Å². The summed E-state index contributed by atoms with van der Waals surface area (Å²) < 4.78 is 20.3. The first-order chi connectivity index (χ1) is 9.02. The van der Waals surface area contributed by atoms with Crippen molar-refractivity contribution in [2.24, 2.45) is 5.73 Å². The molecule has 1 aromatic heterocycles. The molecule has 1 heterocycles. The Labute approximate surface area is 127 Å². The number of nitrogens with zero attached hydrogens (tertiary/aromatic N) is 1. The fourth-order valence-electron chi connectivity index (χ4n) is 1.87. The first-order valence-corrected chi connectivity index (χ1v) is 7.24. The maximum atomic E-state index is 13.3. The van der Waals surface area contributed by atoms with E-state index in [1.54, 1.807) is 6.07 Å². The lowest BCUT2D eigenvalue weighted by molar-refractivity contribution is 0.443. The monoisotopic (exact) mass is 390 g/mol. The number of halogens is 3. The van der Waals surface area contributed by atoms with Crippen LogP contribution >= 0.6 is 31.9 Å². The van der Waals surface area contributed by atoms with E-state index in [2.05, 4.69) is 31.9 Å². The molecule has 1 unspecified atom stereocenters. The Morgan fingerprint density at radius 1 is 1.37 bits per heavy atom. The van der Waals surface area contributed by atoms with Crippen LogP contribution in [0.3, 0.4) is 0 Å². The molecule has 102 valence electrons. The van der Waals surface area contributed by atoms with Gasteiger partial charge in [-0.3, -0.25) is 0 Å². The standard InChI is InChI=1S/C13H13Br2FN2O/c1-18(9-4-2-3-8(16)5-9)11(7-17)12-6-10(14)13(15)19-12/h2-6,11H,7,17H2,1H3. The van der Waals surface area contributed by atoms with Crippen molar-refractivity contribution in [1.29, 1.82) is 0 Å². The number of likely N-dealkylation sites (N-methyl/N-ethyl adjacent to an activating group) is 1. The molecule has 1 atom stereocenters. The van der Waals surface area contributed by atoms with Crippen molar-refractivity contribution in [2.75, 3.05) is 18.5 Å². The molecule has 2 aromatic rings. The van der Waals surface area contributed by atoms with E-state index in [0.29, 0.717) is 17.0 Å². The third-order valence-corrected chi connectivity index (χ3v) is 4.61. The van der Waals surface area contributed by atoms with Crippen molar-refractivity contribution in [3.05, 3.63) is 51.1 Å². The van der Waals surface area contributed by atoms with Gasteiger partial charge in [-0.1, -0.05) is 6.07 Å². The molecule has 0 fully saturated rings. The van der Waals surface area contributed by atoms with Crippen LogP contribution in [-0.4, -0.2) is 13.6 Å². The molecule has 0 aliphatic heterocycles.